The summed E-state index contributed by atoms with van der Waals surface area (Å²) in [6, 6.07) is -1.17. The van der Waals surface area contributed by atoms with Gasteiger partial charge in [-0.3, -0.25) is 4.79 Å². The number of methoxy groups -OCH3 is 1. The number of ether oxygens (including phenoxy) is 2. The van der Waals surface area contributed by atoms with Gasteiger partial charge in [0.15, 0.2) is 0 Å². The molecule has 1 unspecified atom stereocenters. The van der Waals surface area contributed by atoms with Crippen molar-refractivity contribution in [2.45, 2.75) is 32.4 Å². The maximum Gasteiger partial charge on any atom is 0.321 e. The van der Waals surface area contributed by atoms with Crippen LogP contribution in [0.3, 0.4) is 0 Å². The summed E-state index contributed by atoms with van der Waals surface area (Å²) in [6.07, 6.45) is 0.0137. The zero-order valence-electron chi connectivity index (χ0n) is 10.9. The molecule has 0 aromatic carbocycles. The largest absolute Gasteiger partial charge is 0.480 e. The molecule has 0 bridgehead atoms. The Morgan fingerprint density at radius 3 is 2.39 bits per heavy atom. The van der Waals surface area contributed by atoms with E-state index in [-0.39, 0.29) is 31.5 Å². The SMILES string of the molecule is COCCC(NS(=O)(=O)CCOC(C)C)C(=O)O. The molecule has 8 heteroatoms. The third-order valence-corrected chi connectivity index (χ3v) is 3.38. The van der Waals surface area contributed by atoms with E-state index in [9.17, 15) is 13.2 Å². The van der Waals surface area contributed by atoms with E-state index >= 15 is 0 Å². The van der Waals surface area contributed by atoms with Crippen molar-refractivity contribution in [2.24, 2.45) is 0 Å². The Bertz CT molecular complexity index is 340. The van der Waals surface area contributed by atoms with Gasteiger partial charge in [-0.15, -0.1) is 0 Å². The van der Waals surface area contributed by atoms with Gasteiger partial charge < -0.3 is 14.6 Å². The van der Waals surface area contributed by atoms with Gasteiger partial charge in [-0.1, -0.05) is 0 Å². The fourth-order valence-electron chi connectivity index (χ4n) is 1.14. The van der Waals surface area contributed by atoms with Crippen molar-refractivity contribution in [1.29, 1.82) is 0 Å². The molecule has 18 heavy (non-hydrogen) atoms. The Balaban J connectivity index is 4.28. The molecule has 0 heterocycles. The topological polar surface area (TPSA) is 102 Å². The summed E-state index contributed by atoms with van der Waals surface area (Å²) in [7, 11) is -2.24. The maximum absolute atomic E-state index is 11.6. The van der Waals surface area contributed by atoms with Crippen LogP contribution in [0.15, 0.2) is 0 Å². The minimum Gasteiger partial charge on any atom is -0.480 e. The second kappa shape index (κ2) is 8.41. The van der Waals surface area contributed by atoms with E-state index in [0.717, 1.165) is 0 Å². The number of rotatable bonds is 10. The molecule has 1 atom stereocenters. The molecule has 108 valence electrons. The minimum atomic E-state index is -3.66. The minimum absolute atomic E-state index is 0.0314. The Morgan fingerprint density at radius 1 is 1.33 bits per heavy atom. The van der Waals surface area contributed by atoms with Crippen LogP contribution in [-0.4, -0.2) is 57.7 Å². The van der Waals surface area contributed by atoms with Crippen LogP contribution in [0.1, 0.15) is 20.3 Å². The lowest BCUT2D eigenvalue weighted by Gasteiger charge is -2.14. The molecule has 0 saturated carbocycles. The van der Waals surface area contributed by atoms with Gasteiger partial charge >= 0.3 is 5.97 Å². The second-order valence-electron chi connectivity index (χ2n) is 4.03. The predicted molar refractivity (Wildman–Crippen MR) is 65.9 cm³/mol. The molecule has 0 aromatic heterocycles. The van der Waals surface area contributed by atoms with Crippen LogP contribution in [0, 0.1) is 0 Å². The van der Waals surface area contributed by atoms with Gasteiger partial charge in [0.2, 0.25) is 10.0 Å². The fourth-order valence-corrected chi connectivity index (χ4v) is 2.22. The number of carbonyl (C=O) groups is 1. The maximum atomic E-state index is 11.6. The number of hydrogen-bond donors (Lipinski definition) is 2. The van der Waals surface area contributed by atoms with E-state index < -0.39 is 22.0 Å². The molecular weight excluding hydrogens is 262 g/mol. The van der Waals surface area contributed by atoms with E-state index in [1.807, 2.05) is 0 Å². The fraction of sp³-hybridized carbons (Fsp3) is 0.900. The van der Waals surface area contributed by atoms with Crippen molar-refractivity contribution in [2.75, 3.05) is 26.1 Å². The molecule has 2 N–H and O–H groups in total. The summed E-state index contributed by atoms with van der Waals surface area (Å²) in [5.41, 5.74) is 0. The summed E-state index contributed by atoms with van der Waals surface area (Å²) in [6.45, 7) is 3.78. The van der Waals surface area contributed by atoms with Gasteiger partial charge in [-0.05, 0) is 20.3 Å². The molecule has 0 spiro atoms. The van der Waals surface area contributed by atoms with Crippen molar-refractivity contribution >= 4 is 16.0 Å². The van der Waals surface area contributed by atoms with Crippen LogP contribution in [0.4, 0.5) is 0 Å². The average Bonchev–Trinajstić information content (AvgIpc) is 2.22. The third-order valence-electron chi connectivity index (χ3n) is 2.03. The summed E-state index contributed by atoms with van der Waals surface area (Å²) < 4.78 is 35.1. The molecule has 0 saturated heterocycles. The van der Waals surface area contributed by atoms with Crippen LogP contribution >= 0.6 is 0 Å². The first-order valence-electron chi connectivity index (χ1n) is 5.62. The molecule has 0 rings (SSSR count). The van der Waals surface area contributed by atoms with Gasteiger partial charge in [0, 0.05) is 13.7 Å². The van der Waals surface area contributed by atoms with E-state index in [4.69, 9.17) is 14.6 Å². The lowest BCUT2D eigenvalue weighted by atomic mass is 10.2. The lowest BCUT2D eigenvalue weighted by molar-refractivity contribution is -0.139. The van der Waals surface area contributed by atoms with Crippen molar-refractivity contribution in [3.8, 4) is 0 Å². The second-order valence-corrected chi connectivity index (χ2v) is 5.90. The molecular formula is C10H21NO6S. The van der Waals surface area contributed by atoms with Gasteiger partial charge in [0.1, 0.15) is 6.04 Å². The smallest absolute Gasteiger partial charge is 0.321 e. The summed E-state index contributed by atoms with van der Waals surface area (Å²) in [4.78, 5) is 10.9. The highest BCUT2D eigenvalue weighted by Gasteiger charge is 2.23. The van der Waals surface area contributed by atoms with E-state index in [2.05, 4.69) is 4.72 Å². The standard InChI is InChI=1S/C10H21NO6S/c1-8(2)17-6-7-18(14,15)11-9(10(12)13)4-5-16-3/h8-9,11H,4-7H2,1-3H3,(H,12,13). The van der Waals surface area contributed by atoms with Crippen LogP contribution in [0.25, 0.3) is 0 Å². The highest BCUT2D eigenvalue weighted by Crippen LogP contribution is 1.98. The summed E-state index contributed by atoms with van der Waals surface area (Å²) in [5, 5.41) is 8.86. The van der Waals surface area contributed by atoms with Crippen molar-refractivity contribution < 1.29 is 27.8 Å². The third kappa shape index (κ3) is 8.40. The van der Waals surface area contributed by atoms with E-state index in [1.54, 1.807) is 13.8 Å². The van der Waals surface area contributed by atoms with Crippen LogP contribution in [0.2, 0.25) is 0 Å². The lowest BCUT2D eigenvalue weighted by Crippen LogP contribution is -2.43. The molecule has 0 aliphatic carbocycles. The van der Waals surface area contributed by atoms with Crippen LogP contribution < -0.4 is 4.72 Å². The van der Waals surface area contributed by atoms with Crippen molar-refractivity contribution in [3.05, 3.63) is 0 Å². The van der Waals surface area contributed by atoms with Gasteiger partial charge in [-0.25, -0.2) is 13.1 Å². The first kappa shape index (κ1) is 17.3. The highest BCUT2D eigenvalue weighted by atomic mass is 32.2. The van der Waals surface area contributed by atoms with Gasteiger partial charge in [0.25, 0.3) is 0 Å². The zero-order chi connectivity index (χ0) is 14.2. The summed E-state index contributed by atoms with van der Waals surface area (Å²) in [5.74, 6) is -1.48. The van der Waals surface area contributed by atoms with Gasteiger partial charge in [0.05, 0.1) is 18.5 Å². The molecule has 0 fully saturated rings. The number of carboxylic acids is 1. The van der Waals surface area contributed by atoms with E-state index in [0.29, 0.717) is 0 Å². The van der Waals surface area contributed by atoms with Crippen molar-refractivity contribution in [1.82, 2.24) is 4.72 Å². The first-order valence-corrected chi connectivity index (χ1v) is 7.27. The molecule has 0 aliphatic heterocycles. The normalized spacial score (nSPS) is 13.8. The molecule has 0 amide bonds. The number of aliphatic carboxylic acids is 1. The van der Waals surface area contributed by atoms with Crippen LogP contribution in [-0.2, 0) is 24.3 Å². The zero-order valence-corrected chi connectivity index (χ0v) is 11.7. The van der Waals surface area contributed by atoms with Crippen molar-refractivity contribution in [3.63, 3.8) is 0 Å². The number of nitrogens with one attached hydrogen (secondary N) is 1. The molecule has 0 aromatic rings. The molecule has 0 aliphatic rings. The highest BCUT2D eigenvalue weighted by molar-refractivity contribution is 7.89. The number of sulfonamides is 1. The monoisotopic (exact) mass is 283 g/mol. The van der Waals surface area contributed by atoms with E-state index in [1.165, 1.54) is 7.11 Å². The first-order chi connectivity index (χ1) is 8.28. The Kier molecular flexibility index (Phi) is 8.08. The molecule has 0 radical (unpaired) electrons. The predicted octanol–water partition coefficient (Wildman–Crippen LogP) is -0.179. The quantitative estimate of drug-likeness (QED) is 0.576. The molecule has 7 nitrogen and oxygen atoms in total. The average molecular weight is 283 g/mol. The van der Waals surface area contributed by atoms with Crippen LogP contribution in [0.5, 0.6) is 0 Å². The number of carboxylic acid groups (broad SMARTS) is 1. The Morgan fingerprint density at radius 2 is 1.94 bits per heavy atom. The summed E-state index contributed by atoms with van der Waals surface area (Å²) >= 11 is 0. The Labute approximate surface area is 108 Å². The van der Waals surface area contributed by atoms with Gasteiger partial charge in [-0.2, -0.15) is 0 Å². The Hall–Kier alpha value is -0.700. The number of hydrogen-bond acceptors (Lipinski definition) is 5.